The Balaban J connectivity index is 0.00000264. The van der Waals surface area contributed by atoms with Gasteiger partial charge in [-0.2, -0.15) is 0 Å². The van der Waals surface area contributed by atoms with Crippen molar-refractivity contribution >= 4 is 11.6 Å². The van der Waals surface area contributed by atoms with Crippen LogP contribution in [0, 0.1) is 10.1 Å². The molecule has 6 nitrogen and oxygen atoms in total. The normalized spacial score (nSPS) is 16.5. The van der Waals surface area contributed by atoms with Crippen LogP contribution in [0.5, 0.6) is 0 Å². The van der Waals surface area contributed by atoms with Gasteiger partial charge in [0, 0.05) is 24.1 Å². The van der Waals surface area contributed by atoms with Crippen LogP contribution in [-0.2, 0) is 11.3 Å². The second-order valence-corrected chi connectivity index (χ2v) is 5.92. The van der Waals surface area contributed by atoms with Crippen LogP contribution < -0.4 is 17.0 Å². The van der Waals surface area contributed by atoms with Crippen molar-refractivity contribution in [3.63, 3.8) is 0 Å². The van der Waals surface area contributed by atoms with Crippen LogP contribution >= 0.6 is 0 Å². The van der Waals surface area contributed by atoms with E-state index in [9.17, 15) is 14.9 Å². The summed E-state index contributed by atoms with van der Waals surface area (Å²) in [6, 6.07) is 6.89. The predicted octanol–water partition coefficient (Wildman–Crippen LogP) is -0.812. The molecule has 1 heterocycles. The van der Waals surface area contributed by atoms with Crippen LogP contribution in [0.3, 0.4) is 0 Å². The number of hydrogen-bond acceptors (Lipinski definition) is 3. The fraction of sp³-hybridized carbons (Fsp3) is 0.562. The first kappa shape index (κ1) is 19.6. The number of nitro groups is 1. The lowest BCUT2D eigenvalue weighted by Gasteiger charge is -2.44. The molecule has 1 fully saturated rings. The highest BCUT2D eigenvalue weighted by molar-refractivity contribution is 5.75. The number of nitro benzene ring substituents is 1. The van der Waals surface area contributed by atoms with Gasteiger partial charge in [0.1, 0.15) is 6.54 Å². The van der Waals surface area contributed by atoms with E-state index in [1.807, 2.05) is 17.9 Å². The maximum absolute atomic E-state index is 11.8. The molecule has 0 spiro atoms. The van der Waals surface area contributed by atoms with Gasteiger partial charge in [0.2, 0.25) is 5.91 Å². The number of hydrogen-bond donors (Lipinski definition) is 0. The molecule has 1 aromatic carbocycles. The van der Waals surface area contributed by atoms with Gasteiger partial charge < -0.3 is 26.4 Å². The Hall–Kier alpha value is -1.47. The third-order valence-electron chi connectivity index (χ3n) is 4.65. The maximum Gasteiger partial charge on any atom is 0.269 e. The van der Waals surface area contributed by atoms with E-state index in [-0.39, 0.29) is 33.5 Å². The number of nitrogens with zero attached hydrogens (tertiary/aromatic N) is 3. The van der Waals surface area contributed by atoms with Crippen LogP contribution in [-0.4, -0.2) is 52.9 Å². The molecule has 0 unspecified atom stereocenters. The number of amides is 1. The Morgan fingerprint density at radius 3 is 2.48 bits per heavy atom. The fourth-order valence-electron chi connectivity index (χ4n) is 3.10. The summed E-state index contributed by atoms with van der Waals surface area (Å²) in [7, 11) is 0. The monoisotopic (exact) mass is 385 g/mol. The Morgan fingerprint density at radius 1 is 1.30 bits per heavy atom. The van der Waals surface area contributed by atoms with Crippen molar-refractivity contribution in [2.75, 3.05) is 32.7 Å². The average molecular weight is 386 g/mol. The number of likely N-dealkylation sites (N-methyl/N-ethyl adjacent to an activating group) is 1. The van der Waals surface area contributed by atoms with E-state index in [0.29, 0.717) is 6.42 Å². The Kier molecular flexibility index (Phi) is 7.15. The van der Waals surface area contributed by atoms with Crippen molar-refractivity contribution in [2.24, 2.45) is 0 Å². The number of halogens is 1. The molecule has 0 atom stereocenters. The summed E-state index contributed by atoms with van der Waals surface area (Å²) in [5.74, 6) is 0.212. The Labute approximate surface area is 147 Å². The highest BCUT2D eigenvalue weighted by Gasteiger charge is 2.33. The SMILES string of the molecule is CCC(=O)N1CC[N+](CC)(Cc2cccc([N+](=O)[O-])c2)CC1.[Br-]. The summed E-state index contributed by atoms with van der Waals surface area (Å²) in [5, 5.41) is 10.9. The summed E-state index contributed by atoms with van der Waals surface area (Å²) >= 11 is 0. The molecule has 0 radical (unpaired) electrons. The van der Waals surface area contributed by atoms with E-state index >= 15 is 0 Å². The largest absolute Gasteiger partial charge is 1.00 e. The van der Waals surface area contributed by atoms with E-state index in [2.05, 4.69) is 6.92 Å². The third-order valence-corrected chi connectivity index (χ3v) is 4.65. The minimum atomic E-state index is -0.350. The topological polar surface area (TPSA) is 63.5 Å². The minimum absolute atomic E-state index is 0. The molecule has 0 N–H and O–H groups in total. The van der Waals surface area contributed by atoms with Crippen molar-refractivity contribution in [1.82, 2.24) is 4.90 Å². The van der Waals surface area contributed by atoms with E-state index in [0.717, 1.165) is 49.3 Å². The highest BCUT2D eigenvalue weighted by Crippen LogP contribution is 2.21. The zero-order valence-electron chi connectivity index (χ0n) is 13.7. The number of non-ortho nitro benzene ring substituents is 1. The summed E-state index contributed by atoms with van der Waals surface area (Å²) in [4.78, 5) is 24.3. The van der Waals surface area contributed by atoms with Gasteiger partial charge in [-0.25, -0.2) is 0 Å². The summed E-state index contributed by atoms with van der Waals surface area (Å²) in [6.45, 7) is 9.15. The van der Waals surface area contributed by atoms with Gasteiger partial charge in [-0.05, 0) is 6.92 Å². The fourth-order valence-corrected chi connectivity index (χ4v) is 3.10. The number of carbonyl (C=O) groups excluding carboxylic acids is 1. The number of benzene rings is 1. The Morgan fingerprint density at radius 2 is 1.96 bits per heavy atom. The number of rotatable bonds is 5. The molecular formula is C16H24BrN3O3. The lowest BCUT2D eigenvalue weighted by atomic mass is 10.1. The van der Waals surface area contributed by atoms with Gasteiger partial charge in [-0.15, -0.1) is 0 Å². The molecule has 0 bridgehead atoms. The van der Waals surface area contributed by atoms with Crippen LogP contribution in [0.2, 0.25) is 0 Å². The molecule has 1 aromatic rings. The maximum atomic E-state index is 11.8. The van der Waals surface area contributed by atoms with Gasteiger partial charge >= 0.3 is 0 Å². The van der Waals surface area contributed by atoms with Crippen LogP contribution in [0.25, 0.3) is 0 Å². The number of piperazine rings is 1. The quantitative estimate of drug-likeness (QED) is 0.378. The predicted molar refractivity (Wildman–Crippen MR) is 84.2 cm³/mol. The standard InChI is InChI=1S/C16H24N3O3.BrH/c1-3-16(20)17-8-10-19(4-2,11-9-17)13-14-6-5-7-15(12-14)18(21)22;/h5-7,12H,3-4,8-11,13H2,1-2H3;1H/q+1;/p-1. The zero-order chi connectivity index (χ0) is 16.2. The van der Waals surface area contributed by atoms with Crippen molar-refractivity contribution in [2.45, 2.75) is 26.8 Å². The first-order valence-corrected chi connectivity index (χ1v) is 7.86. The van der Waals surface area contributed by atoms with Gasteiger partial charge in [0.25, 0.3) is 5.69 Å². The van der Waals surface area contributed by atoms with Crippen molar-refractivity contribution in [3.05, 3.63) is 39.9 Å². The molecule has 128 valence electrons. The minimum Gasteiger partial charge on any atom is -1.00 e. The molecule has 7 heteroatoms. The van der Waals surface area contributed by atoms with Gasteiger partial charge in [0.05, 0.1) is 37.6 Å². The van der Waals surface area contributed by atoms with E-state index in [1.165, 1.54) is 6.07 Å². The molecule has 0 aromatic heterocycles. The second-order valence-electron chi connectivity index (χ2n) is 5.92. The average Bonchev–Trinajstić information content (AvgIpc) is 2.55. The lowest BCUT2D eigenvalue weighted by molar-refractivity contribution is -0.942. The summed E-state index contributed by atoms with van der Waals surface area (Å²) in [5.41, 5.74) is 1.14. The molecule has 2 rings (SSSR count). The van der Waals surface area contributed by atoms with Crippen LogP contribution in [0.4, 0.5) is 5.69 Å². The molecular weight excluding hydrogens is 362 g/mol. The van der Waals surface area contributed by atoms with Crippen molar-refractivity contribution < 1.29 is 31.2 Å². The van der Waals surface area contributed by atoms with Crippen molar-refractivity contribution in [3.8, 4) is 0 Å². The molecule has 0 saturated carbocycles. The second kappa shape index (κ2) is 8.40. The first-order chi connectivity index (χ1) is 10.5. The molecule has 1 aliphatic rings. The summed E-state index contributed by atoms with van der Waals surface area (Å²) in [6.07, 6.45) is 0.553. The first-order valence-electron chi connectivity index (χ1n) is 7.86. The molecule has 1 aliphatic heterocycles. The van der Waals surface area contributed by atoms with E-state index in [1.54, 1.807) is 12.1 Å². The molecule has 0 aliphatic carbocycles. The lowest BCUT2D eigenvalue weighted by Crippen LogP contribution is -3.00. The number of carbonyl (C=O) groups is 1. The molecule has 1 saturated heterocycles. The smallest absolute Gasteiger partial charge is 0.269 e. The van der Waals surface area contributed by atoms with Crippen molar-refractivity contribution in [1.29, 1.82) is 0 Å². The van der Waals surface area contributed by atoms with Gasteiger partial charge in [-0.1, -0.05) is 19.1 Å². The van der Waals surface area contributed by atoms with Gasteiger partial charge in [-0.3, -0.25) is 14.9 Å². The van der Waals surface area contributed by atoms with E-state index < -0.39 is 0 Å². The van der Waals surface area contributed by atoms with E-state index in [4.69, 9.17) is 0 Å². The van der Waals surface area contributed by atoms with Crippen LogP contribution in [0.1, 0.15) is 25.8 Å². The zero-order valence-corrected chi connectivity index (χ0v) is 15.3. The van der Waals surface area contributed by atoms with Crippen LogP contribution in [0.15, 0.2) is 24.3 Å². The third kappa shape index (κ3) is 4.75. The summed E-state index contributed by atoms with van der Waals surface area (Å²) < 4.78 is 0.884. The highest BCUT2D eigenvalue weighted by atomic mass is 79.9. The van der Waals surface area contributed by atoms with Gasteiger partial charge in [0.15, 0.2) is 0 Å². The Bertz CT molecular complexity index is 557. The number of quaternary nitrogens is 1. The molecule has 23 heavy (non-hydrogen) atoms. The molecule has 1 amide bonds.